The molecule has 0 aliphatic rings. The van der Waals surface area contributed by atoms with Gasteiger partial charge in [0.15, 0.2) is 11.5 Å². The van der Waals surface area contributed by atoms with Crippen LogP contribution in [0.4, 0.5) is 4.79 Å². The quantitative estimate of drug-likeness (QED) is 0.275. The van der Waals surface area contributed by atoms with Crippen LogP contribution in [0.25, 0.3) is 0 Å². The summed E-state index contributed by atoms with van der Waals surface area (Å²) in [6, 6.07) is 4.45. The first-order valence-electron chi connectivity index (χ1n) is 12.2. The Morgan fingerprint density at radius 3 is 1.94 bits per heavy atom. The molecule has 0 radical (unpaired) electrons. The van der Waals surface area contributed by atoms with Crippen molar-refractivity contribution >= 4 is 24.1 Å². The van der Waals surface area contributed by atoms with E-state index in [1.165, 1.54) is 19.1 Å². The molecule has 36 heavy (non-hydrogen) atoms. The van der Waals surface area contributed by atoms with E-state index in [1.54, 1.807) is 19.9 Å². The number of hydrogen-bond acceptors (Lipinski definition) is 9. The molecule has 1 aromatic rings. The summed E-state index contributed by atoms with van der Waals surface area (Å²) in [6.45, 7) is 8.90. The van der Waals surface area contributed by atoms with Crippen molar-refractivity contribution in [2.45, 2.75) is 84.8 Å². The summed E-state index contributed by atoms with van der Waals surface area (Å²) in [7, 11) is 1.14. The molecule has 4 atom stereocenters. The molecule has 0 aliphatic heterocycles. The number of benzene rings is 1. The zero-order chi connectivity index (χ0) is 27.5. The maximum atomic E-state index is 12.6. The highest BCUT2D eigenvalue weighted by molar-refractivity contribution is 5.80. The Morgan fingerprint density at radius 2 is 1.47 bits per heavy atom. The molecule has 10 nitrogen and oxygen atoms in total. The molecular weight excluding hydrogens is 470 g/mol. The Bertz CT molecular complexity index is 917. The maximum Gasteiger partial charge on any atom is 0.508 e. The van der Waals surface area contributed by atoms with E-state index in [2.05, 4.69) is 4.74 Å². The molecule has 10 heteroatoms. The Labute approximate surface area is 212 Å². The molecule has 3 unspecified atom stereocenters. The number of esters is 2. The lowest BCUT2D eigenvalue weighted by Gasteiger charge is -2.28. The summed E-state index contributed by atoms with van der Waals surface area (Å²) >= 11 is 0. The van der Waals surface area contributed by atoms with Crippen LogP contribution in [0.5, 0.6) is 11.5 Å². The van der Waals surface area contributed by atoms with Gasteiger partial charge in [-0.05, 0) is 37.5 Å². The van der Waals surface area contributed by atoms with Crippen molar-refractivity contribution in [1.82, 2.24) is 0 Å². The average Bonchev–Trinajstić information content (AvgIpc) is 2.80. The number of carboxylic acid groups (broad SMARTS) is 1. The predicted molar refractivity (Wildman–Crippen MR) is 132 cm³/mol. The minimum absolute atomic E-state index is 0.00380. The van der Waals surface area contributed by atoms with E-state index < -0.39 is 35.7 Å². The number of carbonyl (C=O) groups is 4. The number of aliphatic carboxylic acids is 1. The van der Waals surface area contributed by atoms with Crippen molar-refractivity contribution in [2.24, 2.45) is 17.6 Å². The molecule has 0 saturated carbocycles. The first-order chi connectivity index (χ1) is 16.9. The van der Waals surface area contributed by atoms with Gasteiger partial charge in [-0.25, -0.2) is 4.79 Å². The molecular formula is C26H39NO9. The smallest absolute Gasteiger partial charge is 0.480 e. The van der Waals surface area contributed by atoms with Crippen LogP contribution in [0.15, 0.2) is 18.2 Å². The average molecular weight is 510 g/mol. The zero-order valence-corrected chi connectivity index (χ0v) is 22.0. The minimum atomic E-state index is -1.81. The summed E-state index contributed by atoms with van der Waals surface area (Å²) in [4.78, 5) is 48.5. The fraction of sp³-hybridized carbons (Fsp3) is 0.615. The maximum absolute atomic E-state index is 12.6. The van der Waals surface area contributed by atoms with Crippen LogP contribution in [0.2, 0.25) is 0 Å². The lowest BCUT2D eigenvalue weighted by molar-refractivity contribution is -0.144. The Hall–Kier alpha value is -3.14. The second kappa shape index (κ2) is 14.4. The lowest BCUT2D eigenvalue weighted by Crippen LogP contribution is -2.52. The molecule has 0 spiro atoms. The zero-order valence-electron chi connectivity index (χ0n) is 22.0. The van der Waals surface area contributed by atoms with E-state index in [1.807, 2.05) is 13.8 Å². The number of methoxy groups -OCH3 is 1. The molecule has 0 heterocycles. The van der Waals surface area contributed by atoms with Gasteiger partial charge in [0.05, 0.1) is 18.9 Å². The van der Waals surface area contributed by atoms with Crippen molar-refractivity contribution in [3.05, 3.63) is 23.8 Å². The molecule has 0 aliphatic carbocycles. The Kier molecular flexibility index (Phi) is 12.4. The lowest BCUT2D eigenvalue weighted by atomic mass is 9.86. The van der Waals surface area contributed by atoms with Crippen LogP contribution in [0.3, 0.4) is 0 Å². The third kappa shape index (κ3) is 9.49. The third-order valence-electron chi connectivity index (χ3n) is 5.74. The number of hydrogen-bond donors (Lipinski definition) is 2. The van der Waals surface area contributed by atoms with Crippen molar-refractivity contribution in [1.29, 1.82) is 0 Å². The highest BCUT2D eigenvalue weighted by Crippen LogP contribution is 2.32. The van der Waals surface area contributed by atoms with Crippen LogP contribution in [-0.4, -0.2) is 47.9 Å². The van der Waals surface area contributed by atoms with Gasteiger partial charge in [0.1, 0.15) is 11.6 Å². The van der Waals surface area contributed by atoms with Crippen LogP contribution in [0, 0.1) is 11.8 Å². The number of carboxylic acids is 1. The molecule has 0 saturated heterocycles. The SMILES string of the molecule is CCCC(C)C(=O)Oc1ccc(CC(N)(C[C@H](C)OC(=O)OC)C(=O)O)cc1OC(=O)C(C)CCC. The number of carbonyl (C=O) groups excluding carboxylic acids is 3. The second-order valence-corrected chi connectivity index (χ2v) is 9.23. The molecule has 3 N–H and O–H groups in total. The summed E-state index contributed by atoms with van der Waals surface area (Å²) in [5, 5.41) is 9.81. The first-order valence-corrected chi connectivity index (χ1v) is 12.2. The Morgan fingerprint density at radius 1 is 0.944 bits per heavy atom. The molecule has 0 bridgehead atoms. The number of nitrogens with two attached hydrogens (primary N) is 1. The topological polar surface area (TPSA) is 151 Å². The van der Waals surface area contributed by atoms with E-state index in [4.69, 9.17) is 19.9 Å². The first kappa shape index (κ1) is 30.9. The van der Waals surface area contributed by atoms with Gasteiger partial charge in [-0.15, -0.1) is 0 Å². The standard InChI is InChI=1S/C26H39NO9/c1-7-9-16(3)22(28)35-20-12-11-19(13-21(20)36-23(29)17(4)10-8-2)15-26(27,24(30)31)14-18(5)34-25(32)33-6/h11-13,16-18H,7-10,14-15,27H2,1-6H3,(H,30,31)/t16?,17?,18-,26?/m0/s1. The van der Waals surface area contributed by atoms with Gasteiger partial charge >= 0.3 is 24.1 Å². The second-order valence-electron chi connectivity index (χ2n) is 9.23. The van der Waals surface area contributed by atoms with Gasteiger partial charge in [-0.1, -0.05) is 46.6 Å². The van der Waals surface area contributed by atoms with Gasteiger partial charge in [0.25, 0.3) is 0 Å². The van der Waals surface area contributed by atoms with E-state index in [9.17, 15) is 24.3 Å². The van der Waals surface area contributed by atoms with E-state index in [0.29, 0.717) is 18.4 Å². The highest BCUT2D eigenvalue weighted by Gasteiger charge is 2.37. The summed E-state index contributed by atoms with van der Waals surface area (Å²) < 4.78 is 20.5. The minimum Gasteiger partial charge on any atom is -0.480 e. The number of ether oxygens (including phenoxy) is 4. The van der Waals surface area contributed by atoms with Gasteiger partial charge in [-0.2, -0.15) is 0 Å². The molecule has 202 valence electrons. The normalized spacial score (nSPS) is 15.1. The molecule has 0 amide bonds. The highest BCUT2D eigenvalue weighted by atomic mass is 16.7. The number of rotatable bonds is 14. The van der Waals surface area contributed by atoms with Crippen LogP contribution >= 0.6 is 0 Å². The van der Waals surface area contributed by atoms with Crippen molar-refractivity contribution in [2.75, 3.05) is 7.11 Å². The molecule has 0 fully saturated rings. The van der Waals surface area contributed by atoms with Crippen molar-refractivity contribution in [3.8, 4) is 11.5 Å². The molecule has 0 aromatic heterocycles. The molecule has 1 rings (SSSR count). The fourth-order valence-corrected chi connectivity index (χ4v) is 3.71. The van der Waals surface area contributed by atoms with Crippen LogP contribution in [0.1, 0.15) is 72.3 Å². The van der Waals surface area contributed by atoms with E-state index in [0.717, 1.165) is 20.0 Å². The van der Waals surface area contributed by atoms with Gasteiger partial charge in [-0.3, -0.25) is 14.4 Å². The molecule has 1 aromatic carbocycles. The fourth-order valence-electron chi connectivity index (χ4n) is 3.71. The van der Waals surface area contributed by atoms with Crippen LogP contribution in [-0.2, 0) is 30.3 Å². The van der Waals surface area contributed by atoms with Gasteiger partial charge in [0.2, 0.25) is 0 Å². The Balaban J connectivity index is 3.27. The third-order valence-corrected chi connectivity index (χ3v) is 5.74. The van der Waals surface area contributed by atoms with E-state index >= 15 is 0 Å². The van der Waals surface area contributed by atoms with Gasteiger partial charge < -0.3 is 29.8 Å². The van der Waals surface area contributed by atoms with Crippen LogP contribution < -0.4 is 15.2 Å². The summed E-state index contributed by atoms with van der Waals surface area (Å²) in [5.41, 5.74) is 4.82. The van der Waals surface area contributed by atoms with E-state index in [-0.39, 0.29) is 36.2 Å². The predicted octanol–water partition coefficient (Wildman–Crippen LogP) is 4.26. The van der Waals surface area contributed by atoms with Crippen molar-refractivity contribution in [3.63, 3.8) is 0 Å². The van der Waals surface area contributed by atoms with Crippen molar-refractivity contribution < 1.29 is 43.2 Å². The largest absolute Gasteiger partial charge is 0.508 e. The monoisotopic (exact) mass is 509 g/mol. The summed E-state index contributed by atoms with van der Waals surface area (Å²) in [5.74, 6) is -2.93. The van der Waals surface area contributed by atoms with Gasteiger partial charge in [0, 0.05) is 12.8 Å². The summed E-state index contributed by atoms with van der Waals surface area (Å²) in [6.07, 6.45) is 0.673.